The topological polar surface area (TPSA) is 69.9 Å². The third-order valence-corrected chi connectivity index (χ3v) is 3.34. The Morgan fingerprint density at radius 2 is 2.06 bits per heavy atom. The number of aromatic hydroxyl groups is 2. The predicted molar refractivity (Wildman–Crippen MR) is 58.1 cm³/mol. The Morgan fingerprint density at radius 3 is 2.53 bits per heavy atom. The molecule has 2 N–H and O–H groups in total. The zero-order chi connectivity index (χ0) is 12.6. The lowest BCUT2D eigenvalue weighted by Crippen LogP contribution is -2.33. The maximum Gasteiger partial charge on any atom is 0.235 e. The maximum atomic E-state index is 13.9. The van der Waals surface area contributed by atoms with Crippen molar-refractivity contribution >= 4 is 6.08 Å². The summed E-state index contributed by atoms with van der Waals surface area (Å²) in [5, 5.41) is 18.9. The van der Waals surface area contributed by atoms with Crippen LogP contribution in [0.3, 0.4) is 0 Å². The molecule has 17 heavy (non-hydrogen) atoms. The van der Waals surface area contributed by atoms with Crippen molar-refractivity contribution in [2.75, 3.05) is 0 Å². The molecule has 1 saturated carbocycles. The molecule has 0 heterocycles. The molecule has 1 aliphatic carbocycles. The fourth-order valence-corrected chi connectivity index (χ4v) is 2.15. The summed E-state index contributed by atoms with van der Waals surface area (Å²) >= 11 is 0. The summed E-state index contributed by atoms with van der Waals surface area (Å²) in [6, 6.07) is 1.42. The number of aliphatic imine (C=N–C) groups is 1. The molecule has 0 spiro atoms. The van der Waals surface area contributed by atoms with Crippen LogP contribution in [0.2, 0.25) is 0 Å². The van der Waals surface area contributed by atoms with Gasteiger partial charge in [-0.15, -0.1) is 0 Å². The van der Waals surface area contributed by atoms with Crippen LogP contribution >= 0.6 is 0 Å². The van der Waals surface area contributed by atoms with Gasteiger partial charge in [0.05, 0.1) is 0 Å². The summed E-state index contributed by atoms with van der Waals surface area (Å²) in [5.41, 5.74) is -0.409. The van der Waals surface area contributed by atoms with Gasteiger partial charge in [0.1, 0.15) is 5.54 Å². The van der Waals surface area contributed by atoms with Crippen LogP contribution in [0.25, 0.3) is 0 Å². The van der Waals surface area contributed by atoms with Crippen molar-refractivity contribution in [2.24, 2.45) is 4.99 Å². The molecule has 90 valence electrons. The second kappa shape index (κ2) is 3.86. The first-order valence-corrected chi connectivity index (χ1v) is 5.32. The Morgan fingerprint density at radius 1 is 1.41 bits per heavy atom. The highest BCUT2D eigenvalue weighted by Gasteiger charge is 2.42. The zero-order valence-electron chi connectivity index (χ0n) is 9.33. The first kappa shape index (κ1) is 11.6. The molecule has 0 amide bonds. The molecule has 0 saturated heterocycles. The molecule has 1 fully saturated rings. The van der Waals surface area contributed by atoms with E-state index in [2.05, 4.69) is 4.99 Å². The Balaban J connectivity index is 2.63. The van der Waals surface area contributed by atoms with Gasteiger partial charge in [-0.1, -0.05) is 0 Å². The van der Waals surface area contributed by atoms with Crippen LogP contribution in [0.15, 0.2) is 11.1 Å². The minimum atomic E-state index is -0.915. The standard InChI is InChI=1S/C12H12FNO3/c1-7-5-8(9(13)11(17)10(7)16)12(14-6-15)3-2-4-12/h5,16-17H,2-4H2,1H3. The molecule has 0 atom stereocenters. The van der Waals surface area contributed by atoms with Gasteiger partial charge >= 0.3 is 0 Å². The van der Waals surface area contributed by atoms with E-state index in [0.29, 0.717) is 18.4 Å². The van der Waals surface area contributed by atoms with Gasteiger partial charge in [0.2, 0.25) is 6.08 Å². The summed E-state index contributed by atoms with van der Waals surface area (Å²) in [7, 11) is 0. The number of rotatable bonds is 2. The van der Waals surface area contributed by atoms with Crippen LogP contribution in [0.4, 0.5) is 4.39 Å². The lowest BCUT2D eigenvalue weighted by Gasteiger charge is -2.37. The van der Waals surface area contributed by atoms with Crippen LogP contribution in [0.1, 0.15) is 30.4 Å². The van der Waals surface area contributed by atoms with Crippen LogP contribution in [-0.4, -0.2) is 16.3 Å². The molecule has 2 rings (SSSR count). The lowest BCUT2D eigenvalue weighted by molar-refractivity contribution is 0.243. The van der Waals surface area contributed by atoms with Gasteiger partial charge in [-0.2, -0.15) is 4.99 Å². The first-order chi connectivity index (χ1) is 8.02. The maximum absolute atomic E-state index is 13.9. The van der Waals surface area contributed by atoms with E-state index in [-0.39, 0.29) is 5.56 Å². The number of phenols is 2. The molecule has 1 aliphatic rings. The number of hydrogen-bond acceptors (Lipinski definition) is 4. The first-order valence-electron chi connectivity index (χ1n) is 5.32. The lowest BCUT2D eigenvalue weighted by atomic mass is 9.71. The quantitative estimate of drug-likeness (QED) is 0.471. The average molecular weight is 237 g/mol. The van der Waals surface area contributed by atoms with E-state index < -0.39 is 22.9 Å². The molecule has 0 bridgehead atoms. The SMILES string of the molecule is Cc1cc(C2(N=C=O)CCC2)c(F)c(O)c1O. The van der Waals surface area contributed by atoms with Crippen molar-refractivity contribution in [3.8, 4) is 11.5 Å². The van der Waals surface area contributed by atoms with E-state index in [1.165, 1.54) is 12.1 Å². The summed E-state index contributed by atoms with van der Waals surface area (Å²) in [6.45, 7) is 1.55. The molecular weight excluding hydrogens is 225 g/mol. The molecule has 4 nitrogen and oxygen atoms in total. The third-order valence-electron chi connectivity index (χ3n) is 3.34. The molecule has 5 heteroatoms. The van der Waals surface area contributed by atoms with Gasteiger partial charge in [-0.05, 0) is 37.8 Å². The van der Waals surface area contributed by atoms with Crippen LogP contribution in [-0.2, 0) is 10.3 Å². The highest BCUT2D eigenvalue weighted by molar-refractivity contribution is 5.51. The highest BCUT2D eigenvalue weighted by atomic mass is 19.1. The molecule has 0 aromatic heterocycles. The number of carbonyl (C=O) groups excluding carboxylic acids is 1. The molecule has 0 aliphatic heterocycles. The summed E-state index contributed by atoms with van der Waals surface area (Å²) in [6.07, 6.45) is 3.38. The smallest absolute Gasteiger partial charge is 0.235 e. The molecule has 1 aromatic carbocycles. The van der Waals surface area contributed by atoms with E-state index in [9.17, 15) is 19.4 Å². The van der Waals surface area contributed by atoms with Crippen molar-refractivity contribution in [2.45, 2.75) is 31.7 Å². The number of benzene rings is 1. The largest absolute Gasteiger partial charge is 0.504 e. The Labute approximate surface area is 97.4 Å². The second-order valence-electron chi connectivity index (χ2n) is 4.34. The highest BCUT2D eigenvalue weighted by Crippen LogP contribution is 2.48. The molecule has 0 unspecified atom stereocenters. The Kier molecular flexibility index (Phi) is 2.63. The minimum absolute atomic E-state index is 0.153. The predicted octanol–water partition coefficient (Wildman–Crippen LogP) is 2.26. The molecular formula is C12H12FNO3. The van der Waals surface area contributed by atoms with Gasteiger partial charge in [-0.25, -0.2) is 9.18 Å². The van der Waals surface area contributed by atoms with Crippen molar-refractivity contribution in [1.29, 1.82) is 0 Å². The van der Waals surface area contributed by atoms with Gasteiger partial charge in [0.15, 0.2) is 17.3 Å². The number of nitrogens with zero attached hydrogens (tertiary/aromatic N) is 1. The number of phenolic OH excluding ortho intramolecular Hbond substituents is 2. The van der Waals surface area contributed by atoms with Crippen molar-refractivity contribution < 1.29 is 19.4 Å². The van der Waals surface area contributed by atoms with Crippen LogP contribution in [0.5, 0.6) is 11.5 Å². The number of aryl methyl sites for hydroxylation is 1. The summed E-state index contributed by atoms with van der Waals surface area (Å²) < 4.78 is 13.9. The monoisotopic (exact) mass is 237 g/mol. The normalized spacial score (nSPS) is 17.1. The van der Waals surface area contributed by atoms with E-state index in [4.69, 9.17) is 0 Å². The van der Waals surface area contributed by atoms with E-state index in [0.717, 1.165) is 6.42 Å². The van der Waals surface area contributed by atoms with Crippen LogP contribution < -0.4 is 0 Å². The fourth-order valence-electron chi connectivity index (χ4n) is 2.15. The van der Waals surface area contributed by atoms with Gasteiger partial charge in [0.25, 0.3) is 0 Å². The van der Waals surface area contributed by atoms with Gasteiger partial charge in [-0.3, -0.25) is 0 Å². The Hall–Kier alpha value is -1.87. The van der Waals surface area contributed by atoms with E-state index >= 15 is 0 Å². The van der Waals surface area contributed by atoms with E-state index in [1.54, 1.807) is 6.92 Å². The zero-order valence-corrected chi connectivity index (χ0v) is 9.33. The summed E-state index contributed by atoms with van der Waals surface area (Å²) in [5.74, 6) is -2.17. The second-order valence-corrected chi connectivity index (χ2v) is 4.34. The van der Waals surface area contributed by atoms with Crippen molar-refractivity contribution in [3.05, 3.63) is 23.0 Å². The van der Waals surface area contributed by atoms with Gasteiger partial charge < -0.3 is 10.2 Å². The van der Waals surface area contributed by atoms with Crippen molar-refractivity contribution in [1.82, 2.24) is 0 Å². The Bertz CT molecular complexity index is 517. The van der Waals surface area contributed by atoms with Crippen LogP contribution in [0, 0.1) is 12.7 Å². The summed E-state index contributed by atoms with van der Waals surface area (Å²) in [4.78, 5) is 14.1. The van der Waals surface area contributed by atoms with Crippen molar-refractivity contribution in [3.63, 3.8) is 0 Å². The van der Waals surface area contributed by atoms with E-state index in [1.807, 2.05) is 0 Å². The number of hydrogen-bond donors (Lipinski definition) is 2. The van der Waals surface area contributed by atoms with Gasteiger partial charge in [0, 0.05) is 5.56 Å². The average Bonchev–Trinajstić information content (AvgIpc) is 2.26. The molecule has 0 radical (unpaired) electrons. The number of halogens is 1. The third kappa shape index (κ3) is 1.59. The minimum Gasteiger partial charge on any atom is -0.504 e. The molecule has 1 aromatic rings. The number of isocyanates is 1. The fraction of sp³-hybridized carbons (Fsp3) is 0.417.